The predicted molar refractivity (Wildman–Crippen MR) is 88.9 cm³/mol. The van der Waals surface area contributed by atoms with Crippen molar-refractivity contribution in [3.8, 4) is 0 Å². The highest BCUT2D eigenvalue weighted by atomic mass is 16.2. The summed E-state index contributed by atoms with van der Waals surface area (Å²) >= 11 is 0. The molecule has 1 aromatic rings. The van der Waals surface area contributed by atoms with E-state index in [-0.39, 0.29) is 5.41 Å². The molecule has 0 spiro atoms. The molecule has 2 aliphatic rings. The molecule has 1 aromatic heterocycles. The number of carbonyl (C=O) groups is 1. The topological polar surface area (TPSA) is 45.2 Å². The van der Waals surface area contributed by atoms with E-state index in [1.807, 2.05) is 6.20 Å². The lowest BCUT2D eigenvalue weighted by molar-refractivity contribution is -0.133. The summed E-state index contributed by atoms with van der Waals surface area (Å²) in [6.07, 6.45) is 6.11. The number of anilines is 1. The molecule has 1 amide bonds. The largest absolute Gasteiger partial charge is 0.367 e. The standard InChI is InChI=1S/C18H27N3O/c1-18(2,3)14-6-9-19-16(12-14)20-15-7-10-21(11-8-15)17(22)13-4-5-13/h6,9,12-13,15H,4-5,7-8,10-11H2,1-3H3,(H,19,20). The predicted octanol–water partition coefficient (Wildman–Crippen LogP) is 3.19. The van der Waals surface area contributed by atoms with Gasteiger partial charge >= 0.3 is 0 Å². The number of aromatic nitrogens is 1. The van der Waals surface area contributed by atoms with Crippen LogP contribution >= 0.6 is 0 Å². The molecule has 2 heterocycles. The van der Waals surface area contributed by atoms with Crippen LogP contribution in [0.15, 0.2) is 18.3 Å². The first kappa shape index (κ1) is 15.3. The first-order valence-electron chi connectivity index (χ1n) is 8.45. The number of amides is 1. The van der Waals surface area contributed by atoms with Gasteiger partial charge in [0.15, 0.2) is 0 Å². The van der Waals surface area contributed by atoms with Crippen LogP contribution in [0.1, 0.15) is 52.0 Å². The van der Waals surface area contributed by atoms with E-state index < -0.39 is 0 Å². The van der Waals surface area contributed by atoms with Gasteiger partial charge in [0.1, 0.15) is 5.82 Å². The lowest BCUT2D eigenvalue weighted by Gasteiger charge is -2.33. The van der Waals surface area contributed by atoms with Gasteiger partial charge < -0.3 is 10.2 Å². The molecule has 1 aliphatic heterocycles. The fourth-order valence-electron chi connectivity index (χ4n) is 3.02. The van der Waals surface area contributed by atoms with Crippen LogP contribution in [0.25, 0.3) is 0 Å². The van der Waals surface area contributed by atoms with Gasteiger partial charge in [0.05, 0.1) is 0 Å². The zero-order valence-electron chi connectivity index (χ0n) is 13.9. The van der Waals surface area contributed by atoms with Crippen molar-refractivity contribution in [2.24, 2.45) is 5.92 Å². The maximum atomic E-state index is 12.1. The van der Waals surface area contributed by atoms with Crippen molar-refractivity contribution in [3.05, 3.63) is 23.9 Å². The number of nitrogens with zero attached hydrogens (tertiary/aromatic N) is 2. The van der Waals surface area contributed by atoms with Gasteiger partial charge in [-0.15, -0.1) is 0 Å². The molecule has 1 aliphatic carbocycles. The Morgan fingerprint density at radius 3 is 2.50 bits per heavy atom. The lowest BCUT2D eigenvalue weighted by atomic mass is 9.88. The Hall–Kier alpha value is -1.58. The van der Waals surface area contributed by atoms with Crippen LogP contribution in [-0.2, 0) is 10.2 Å². The van der Waals surface area contributed by atoms with Crippen molar-refractivity contribution in [3.63, 3.8) is 0 Å². The maximum Gasteiger partial charge on any atom is 0.225 e. The molecule has 1 N–H and O–H groups in total. The van der Waals surface area contributed by atoms with Gasteiger partial charge in [-0.25, -0.2) is 4.98 Å². The number of nitrogens with one attached hydrogen (secondary N) is 1. The van der Waals surface area contributed by atoms with Crippen LogP contribution in [0.4, 0.5) is 5.82 Å². The molecule has 3 rings (SSSR count). The van der Waals surface area contributed by atoms with Gasteiger partial charge in [0.25, 0.3) is 0 Å². The second-order valence-corrected chi connectivity index (χ2v) is 7.70. The van der Waals surface area contributed by atoms with Crippen molar-refractivity contribution in [2.75, 3.05) is 18.4 Å². The number of pyridine rings is 1. The van der Waals surface area contributed by atoms with Gasteiger partial charge in [-0.2, -0.15) is 0 Å². The number of carbonyl (C=O) groups excluding carboxylic acids is 1. The molecule has 0 radical (unpaired) electrons. The average Bonchev–Trinajstić information content (AvgIpc) is 3.31. The highest BCUT2D eigenvalue weighted by molar-refractivity contribution is 5.81. The molecule has 22 heavy (non-hydrogen) atoms. The van der Waals surface area contributed by atoms with Crippen LogP contribution in [0.5, 0.6) is 0 Å². The molecular weight excluding hydrogens is 274 g/mol. The van der Waals surface area contributed by atoms with Gasteiger partial charge in [0, 0.05) is 31.2 Å². The Morgan fingerprint density at radius 2 is 1.91 bits per heavy atom. The quantitative estimate of drug-likeness (QED) is 0.932. The van der Waals surface area contributed by atoms with E-state index >= 15 is 0 Å². The summed E-state index contributed by atoms with van der Waals surface area (Å²) in [5.41, 5.74) is 1.44. The first-order chi connectivity index (χ1) is 10.4. The van der Waals surface area contributed by atoms with Gasteiger partial charge in [-0.05, 0) is 48.8 Å². The fourth-order valence-corrected chi connectivity index (χ4v) is 3.02. The third-order valence-electron chi connectivity index (χ3n) is 4.71. The van der Waals surface area contributed by atoms with Crippen molar-refractivity contribution >= 4 is 11.7 Å². The van der Waals surface area contributed by atoms with E-state index in [1.54, 1.807) is 0 Å². The van der Waals surface area contributed by atoms with E-state index in [2.05, 4.69) is 48.1 Å². The Bertz CT molecular complexity index is 538. The van der Waals surface area contributed by atoms with Gasteiger partial charge in [-0.3, -0.25) is 4.79 Å². The van der Waals surface area contributed by atoms with Crippen molar-refractivity contribution in [2.45, 2.75) is 57.9 Å². The van der Waals surface area contributed by atoms with Crippen LogP contribution < -0.4 is 5.32 Å². The fraction of sp³-hybridized carbons (Fsp3) is 0.667. The van der Waals surface area contributed by atoms with Crippen LogP contribution in [0, 0.1) is 5.92 Å². The van der Waals surface area contributed by atoms with Gasteiger partial charge in [0.2, 0.25) is 5.91 Å². The SMILES string of the molecule is CC(C)(C)c1ccnc(NC2CCN(C(=O)C3CC3)CC2)c1. The summed E-state index contributed by atoms with van der Waals surface area (Å²) in [4.78, 5) is 18.6. The minimum absolute atomic E-state index is 0.138. The zero-order valence-corrected chi connectivity index (χ0v) is 13.9. The molecule has 0 unspecified atom stereocenters. The third-order valence-corrected chi connectivity index (χ3v) is 4.71. The maximum absolute atomic E-state index is 12.1. The highest BCUT2D eigenvalue weighted by Crippen LogP contribution is 2.32. The third kappa shape index (κ3) is 3.60. The summed E-state index contributed by atoms with van der Waals surface area (Å²) in [7, 11) is 0. The van der Waals surface area contributed by atoms with Crippen LogP contribution in [-0.4, -0.2) is 34.9 Å². The molecule has 0 bridgehead atoms. The van der Waals surface area contributed by atoms with Crippen molar-refractivity contribution in [1.29, 1.82) is 0 Å². The molecule has 120 valence electrons. The smallest absolute Gasteiger partial charge is 0.225 e. The summed E-state index contributed by atoms with van der Waals surface area (Å²) in [5, 5.41) is 3.55. The summed E-state index contributed by atoms with van der Waals surface area (Å²) in [5.74, 6) is 1.68. The molecule has 0 aromatic carbocycles. The van der Waals surface area contributed by atoms with E-state index in [0.717, 1.165) is 44.6 Å². The molecule has 4 heteroatoms. The Morgan fingerprint density at radius 1 is 1.23 bits per heavy atom. The first-order valence-corrected chi connectivity index (χ1v) is 8.45. The van der Waals surface area contributed by atoms with Crippen LogP contribution in [0.3, 0.4) is 0 Å². The van der Waals surface area contributed by atoms with Gasteiger partial charge in [-0.1, -0.05) is 20.8 Å². The van der Waals surface area contributed by atoms with E-state index in [0.29, 0.717) is 17.9 Å². The normalized spacial score (nSPS) is 20.0. The van der Waals surface area contributed by atoms with Crippen molar-refractivity contribution in [1.82, 2.24) is 9.88 Å². The number of rotatable bonds is 3. The molecule has 1 saturated heterocycles. The number of piperidine rings is 1. The average molecular weight is 301 g/mol. The summed E-state index contributed by atoms with van der Waals surface area (Å²) < 4.78 is 0. The van der Waals surface area contributed by atoms with E-state index in [1.165, 1.54) is 5.56 Å². The highest BCUT2D eigenvalue weighted by Gasteiger charge is 2.34. The Kier molecular flexibility index (Phi) is 4.11. The van der Waals surface area contributed by atoms with E-state index in [9.17, 15) is 4.79 Å². The summed E-state index contributed by atoms with van der Waals surface area (Å²) in [6, 6.07) is 4.66. The number of hydrogen-bond acceptors (Lipinski definition) is 3. The molecular formula is C18H27N3O. The van der Waals surface area contributed by atoms with Crippen molar-refractivity contribution < 1.29 is 4.79 Å². The molecule has 0 atom stereocenters. The Balaban J connectivity index is 1.55. The zero-order chi connectivity index (χ0) is 15.7. The number of hydrogen-bond donors (Lipinski definition) is 1. The second-order valence-electron chi connectivity index (χ2n) is 7.70. The van der Waals surface area contributed by atoms with E-state index in [4.69, 9.17) is 0 Å². The molecule has 1 saturated carbocycles. The monoisotopic (exact) mass is 301 g/mol. The minimum Gasteiger partial charge on any atom is -0.367 e. The Labute approximate surface area is 133 Å². The molecule has 4 nitrogen and oxygen atoms in total. The molecule has 2 fully saturated rings. The van der Waals surface area contributed by atoms with Crippen LogP contribution in [0.2, 0.25) is 0 Å². The summed E-state index contributed by atoms with van der Waals surface area (Å²) in [6.45, 7) is 8.41. The lowest BCUT2D eigenvalue weighted by Crippen LogP contribution is -2.43. The minimum atomic E-state index is 0.138. The second kappa shape index (κ2) is 5.90. The number of likely N-dealkylation sites (tertiary alicyclic amines) is 1.